The minimum absolute atomic E-state index is 0.160. The Morgan fingerprint density at radius 3 is 2.44 bits per heavy atom. The minimum atomic E-state index is -0.407. The zero-order chi connectivity index (χ0) is 19.4. The van der Waals surface area contributed by atoms with Gasteiger partial charge in [0.2, 0.25) is 0 Å². The summed E-state index contributed by atoms with van der Waals surface area (Å²) < 4.78 is 10.7. The summed E-state index contributed by atoms with van der Waals surface area (Å²) in [4.78, 5) is 14.1. The van der Waals surface area contributed by atoms with Gasteiger partial charge in [-0.15, -0.1) is 0 Å². The van der Waals surface area contributed by atoms with E-state index in [0.29, 0.717) is 25.2 Å². The molecule has 1 heterocycles. The molecule has 0 saturated heterocycles. The van der Waals surface area contributed by atoms with Crippen molar-refractivity contribution in [2.24, 2.45) is 0 Å². The van der Waals surface area contributed by atoms with Gasteiger partial charge >= 0.3 is 5.63 Å². The number of nitrogens with zero attached hydrogens (tertiary/aromatic N) is 1. The minimum Gasteiger partial charge on any atom is -0.508 e. The third kappa shape index (κ3) is 4.49. The molecule has 3 aromatic rings. The maximum absolute atomic E-state index is 11.9. The van der Waals surface area contributed by atoms with Crippen LogP contribution < -0.4 is 10.4 Å². The predicted molar refractivity (Wildman–Crippen MR) is 106 cm³/mol. The van der Waals surface area contributed by atoms with Crippen molar-refractivity contribution in [3.05, 3.63) is 69.6 Å². The standard InChI is InChI=1S/C22H25NO4/c1-4-16-10-19-17(11-22(25)27-21(19)12-20(16)24)14-23(3)13-15-6-8-18(9-7-15)26-5-2/h6-12,24H,4-5,13-14H2,1-3H3. The van der Waals surface area contributed by atoms with Gasteiger partial charge in [0.15, 0.2) is 0 Å². The monoisotopic (exact) mass is 367 g/mol. The van der Waals surface area contributed by atoms with E-state index in [1.165, 1.54) is 17.7 Å². The van der Waals surface area contributed by atoms with Crippen LogP contribution in [0.3, 0.4) is 0 Å². The van der Waals surface area contributed by atoms with Crippen molar-refractivity contribution < 1.29 is 14.3 Å². The Bertz CT molecular complexity index is 976. The van der Waals surface area contributed by atoms with Gasteiger partial charge in [-0.2, -0.15) is 0 Å². The van der Waals surface area contributed by atoms with Gasteiger partial charge in [0.1, 0.15) is 17.1 Å². The topological polar surface area (TPSA) is 62.9 Å². The SMILES string of the molecule is CCOc1ccc(CN(C)Cc2cc(=O)oc3cc(O)c(CC)cc23)cc1. The quantitative estimate of drug-likeness (QED) is 0.637. The van der Waals surface area contributed by atoms with Crippen LogP contribution in [0, 0.1) is 0 Å². The van der Waals surface area contributed by atoms with Gasteiger partial charge in [-0.1, -0.05) is 19.1 Å². The highest BCUT2D eigenvalue weighted by Crippen LogP contribution is 2.27. The summed E-state index contributed by atoms with van der Waals surface area (Å²) in [6.07, 6.45) is 0.711. The zero-order valence-corrected chi connectivity index (χ0v) is 16.0. The molecule has 0 aliphatic heterocycles. The van der Waals surface area contributed by atoms with Crippen LogP contribution in [0.1, 0.15) is 30.5 Å². The summed E-state index contributed by atoms with van der Waals surface area (Å²) in [5.41, 5.74) is 2.91. The predicted octanol–water partition coefficient (Wildman–Crippen LogP) is 4.09. The maximum atomic E-state index is 11.9. The summed E-state index contributed by atoms with van der Waals surface area (Å²) in [6.45, 7) is 5.94. The van der Waals surface area contributed by atoms with Crippen LogP contribution in [-0.2, 0) is 19.5 Å². The summed E-state index contributed by atoms with van der Waals surface area (Å²) in [6, 6.07) is 13.0. The first-order chi connectivity index (χ1) is 13.0. The largest absolute Gasteiger partial charge is 0.508 e. The van der Waals surface area contributed by atoms with Crippen LogP contribution in [-0.4, -0.2) is 23.7 Å². The average molecular weight is 367 g/mol. The number of benzene rings is 2. The molecule has 0 spiro atoms. The average Bonchev–Trinajstić information content (AvgIpc) is 2.63. The van der Waals surface area contributed by atoms with Crippen molar-refractivity contribution in [2.75, 3.05) is 13.7 Å². The Morgan fingerprint density at radius 2 is 1.78 bits per heavy atom. The summed E-state index contributed by atoms with van der Waals surface area (Å²) in [5.74, 6) is 1.02. The fourth-order valence-corrected chi connectivity index (χ4v) is 3.24. The lowest BCUT2D eigenvalue weighted by molar-refractivity contribution is 0.318. The molecule has 2 aromatic carbocycles. The third-order valence-corrected chi connectivity index (χ3v) is 4.54. The Kier molecular flexibility index (Phi) is 5.81. The molecule has 0 unspecified atom stereocenters. The molecule has 27 heavy (non-hydrogen) atoms. The van der Waals surface area contributed by atoms with Gasteiger partial charge in [0.25, 0.3) is 0 Å². The molecule has 0 radical (unpaired) electrons. The number of ether oxygens (including phenoxy) is 1. The van der Waals surface area contributed by atoms with E-state index >= 15 is 0 Å². The zero-order valence-electron chi connectivity index (χ0n) is 16.0. The van der Waals surface area contributed by atoms with E-state index in [9.17, 15) is 9.90 Å². The second-order valence-electron chi connectivity index (χ2n) is 6.67. The first-order valence-corrected chi connectivity index (χ1v) is 9.19. The van der Waals surface area contributed by atoms with E-state index in [0.717, 1.165) is 28.8 Å². The highest BCUT2D eigenvalue weighted by molar-refractivity contribution is 5.82. The van der Waals surface area contributed by atoms with E-state index in [-0.39, 0.29) is 5.75 Å². The van der Waals surface area contributed by atoms with Crippen LogP contribution in [0.25, 0.3) is 11.0 Å². The molecule has 0 amide bonds. The smallest absolute Gasteiger partial charge is 0.336 e. The van der Waals surface area contributed by atoms with Gasteiger partial charge in [-0.25, -0.2) is 4.79 Å². The molecule has 0 saturated carbocycles. The lowest BCUT2D eigenvalue weighted by atomic mass is 10.0. The van der Waals surface area contributed by atoms with Crippen molar-refractivity contribution in [3.63, 3.8) is 0 Å². The van der Waals surface area contributed by atoms with E-state index in [1.807, 2.05) is 51.2 Å². The van der Waals surface area contributed by atoms with Crippen molar-refractivity contribution in [2.45, 2.75) is 33.4 Å². The molecule has 0 fully saturated rings. The molecule has 5 nitrogen and oxygen atoms in total. The lowest BCUT2D eigenvalue weighted by Gasteiger charge is -2.18. The number of hydrogen-bond donors (Lipinski definition) is 1. The molecule has 1 N–H and O–H groups in total. The third-order valence-electron chi connectivity index (χ3n) is 4.54. The molecule has 3 rings (SSSR count). The molecule has 5 heteroatoms. The first kappa shape index (κ1) is 19.0. The molecular weight excluding hydrogens is 342 g/mol. The van der Waals surface area contributed by atoms with Crippen molar-refractivity contribution in [1.29, 1.82) is 0 Å². The normalized spacial score (nSPS) is 11.3. The summed E-state index contributed by atoms with van der Waals surface area (Å²) >= 11 is 0. The molecule has 142 valence electrons. The fraction of sp³-hybridized carbons (Fsp3) is 0.318. The number of fused-ring (bicyclic) bond motifs is 1. The summed E-state index contributed by atoms with van der Waals surface area (Å²) in [7, 11) is 2.01. The highest BCUT2D eigenvalue weighted by Gasteiger charge is 2.12. The van der Waals surface area contributed by atoms with Crippen LogP contribution >= 0.6 is 0 Å². The Hall–Kier alpha value is -2.79. The Balaban J connectivity index is 1.83. The van der Waals surface area contributed by atoms with Crippen LogP contribution in [0.15, 0.2) is 51.7 Å². The lowest BCUT2D eigenvalue weighted by Crippen LogP contribution is -2.18. The molecule has 1 aromatic heterocycles. The van der Waals surface area contributed by atoms with Gasteiger partial charge in [-0.3, -0.25) is 4.90 Å². The molecule has 0 aliphatic rings. The second-order valence-corrected chi connectivity index (χ2v) is 6.67. The summed E-state index contributed by atoms with van der Waals surface area (Å²) in [5, 5.41) is 10.9. The van der Waals surface area contributed by atoms with Crippen LogP contribution in [0.4, 0.5) is 0 Å². The van der Waals surface area contributed by atoms with Crippen molar-refractivity contribution >= 4 is 11.0 Å². The maximum Gasteiger partial charge on any atom is 0.336 e. The highest BCUT2D eigenvalue weighted by atomic mass is 16.5. The first-order valence-electron chi connectivity index (χ1n) is 9.19. The van der Waals surface area contributed by atoms with Gasteiger partial charge in [0, 0.05) is 30.6 Å². The number of phenolic OH excluding ortho intramolecular Hbond substituents is 1. The number of phenols is 1. The molecular formula is C22H25NO4. The van der Waals surface area contributed by atoms with Crippen molar-refractivity contribution in [1.82, 2.24) is 4.90 Å². The van der Waals surface area contributed by atoms with E-state index < -0.39 is 5.63 Å². The number of hydrogen-bond acceptors (Lipinski definition) is 5. The fourth-order valence-electron chi connectivity index (χ4n) is 3.24. The Labute approximate surface area is 158 Å². The van der Waals surface area contributed by atoms with E-state index in [1.54, 1.807) is 0 Å². The van der Waals surface area contributed by atoms with E-state index in [2.05, 4.69) is 4.90 Å². The Morgan fingerprint density at radius 1 is 1.04 bits per heavy atom. The van der Waals surface area contributed by atoms with Gasteiger partial charge in [0.05, 0.1) is 6.61 Å². The molecule has 0 aliphatic carbocycles. The van der Waals surface area contributed by atoms with Crippen molar-refractivity contribution in [3.8, 4) is 11.5 Å². The second kappa shape index (κ2) is 8.27. The van der Waals surface area contributed by atoms with E-state index in [4.69, 9.17) is 9.15 Å². The van der Waals surface area contributed by atoms with Gasteiger partial charge in [-0.05, 0) is 55.3 Å². The number of aryl methyl sites for hydroxylation is 1. The van der Waals surface area contributed by atoms with Crippen LogP contribution in [0.2, 0.25) is 0 Å². The number of rotatable bonds is 7. The molecule has 0 atom stereocenters. The van der Waals surface area contributed by atoms with Crippen LogP contribution in [0.5, 0.6) is 11.5 Å². The molecule has 0 bridgehead atoms. The van der Waals surface area contributed by atoms with Gasteiger partial charge < -0.3 is 14.3 Å². The number of aromatic hydroxyl groups is 1.